The largest absolute Gasteiger partial charge is 0.493 e. The maximum absolute atomic E-state index is 12.8. The Bertz CT molecular complexity index is 1130. The predicted molar refractivity (Wildman–Crippen MR) is 135 cm³/mol. The zero-order chi connectivity index (χ0) is 26.5. The molecule has 9 heteroatoms. The maximum Gasteiger partial charge on any atom is 0.326 e. The molecule has 0 saturated carbocycles. The highest BCUT2D eigenvalue weighted by Crippen LogP contribution is 2.63. The minimum atomic E-state index is -1.08. The number of likely N-dealkylation sites (N-methyl/N-ethyl adjacent to an activating group) is 1. The Labute approximate surface area is 217 Å². The van der Waals surface area contributed by atoms with Crippen molar-refractivity contribution in [3.05, 3.63) is 35.4 Å². The van der Waals surface area contributed by atoms with Crippen molar-refractivity contribution in [2.45, 2.75) is 63.1 Å². The lowest BCUT2D eigenvalue weighted by Gasteiger charge is -2.57. The highest BCUT2D eigenvalue weighted by atomic mass is 16.5. The summed E-state index contributed by atoms with van der Waals surface area (Å²) in [5.41, 5.74) is 2.36. The van der Waals surface area contributed by atoms with Gasteiger partial charge in [-0.15, -0.1) is 0 Å². The van der Waals surface area contributed by atoms with Gasteiger partial charge in [-0.05, 0) is 44.0 Å². The lowest BCUT2D eigenvalue weighted by atomic mass is 9.52. The maximum atomic E-state index is 12.8. The topological polar surface area (TPSA) is 114 Å². The molecular formula is C28H36N2O7. The molecule has 1 aromatic carbocycles. The van der Waals surface area contributed by atoms with Crippen molar-refractivity contribution in [3.63, 3.8) is 0 Å². The van der Waals surface area contributed by atoms with Gasteiger partial charge in [-0.3, -0.25) is 9.59 Å². The molecule has 5 rings (SSSR count). The quantitative estimate of drug-likeness (QED) is 0.383. The second-order valence-corrected chi connectivity index (χ2v) is 11.1. The number of likely N-dealkylation sites (tertiary alicyclic amines) is 1. The van der Waals surface area contributed by atoms with Crippen LogP contribution in [0.15, 0.2) is 24.3 Å². The molecule has 200 valence electrons. The van der Waals surface area contributed by atoms with Crippen LogP contribution < -0.4 is 14.8 Å². The summed E-state index contributed by atoms with van der Waals surface area (Å²) in [5.74, 6) is -0.512. The molecule has 1 fully saturated rings. The van der Waals surface area contributed by atoms with Crippen LogP contribution in [-0.4, -0.2) is 73.3 Å². The van der Waals surface area contributed by atoms with Crippen molar-refractivity contribution in [2.75, 3.05) is 27.3 Å². The molecule has 0 radical (unpaired) electrons. The summed E-state index contributed by atoms with van der Waals surface area (Å²) >= 11 is 0. The number of carbonyl (C=O) groups excluding carboxylic acids is 2. The van der Waals surface area contributed by atoms with Crippen LogP contribution in [0.5, 0.6) is 11.5 Å². The molecule has 4 aliphatic rings. The molecule has 1 amide bonds. The molecule has 1 saturated heterocycles. The molecule has 9 nitrogen and oxygen atoms in total. The van der Waals surface area contributed by atoms with E-state index in [2.05, 4.69) is 35.5 Å². The summed E-state index contributed by atoms with van der Waals surface area (Å²) in [4.78, 5) is 38.8. The van der Waals surface area contributed by atoms with Gasteiger partial charge in [-0.2, -0.15) is 0 Å². The van der Waals surface area contributed by atoms with E-state index in [4.69, 9.17) is 14.2 Å². The van der Waals surface area contributed by atoms with Crippen LogP contribution in [0.3, 0.4) is 0 Å². The fourth-order valence-electron chi connectivity index (χ4n) is 6.96. The van der Waals surface area contributed by atoms with E-state index in [9.17, 15) is 19.5 Å². The van der Waals surface area contributed by atoms with Gasteiger partial charge in [-0.1, -0.05) is 32.1 Å². The summed E-state index contributed by atoms with van der Waals surface area (Å²) in [7, 11) is 3.84. The van der Waals surface area contributed by atoms with Crippen LogP contribution >= 0.6 is 0 Å². The van der Waals surface area contributed by atoms with E-state index in [1.54, 1.807) is 21.0 Å². The molecule has 37 heavy (non-hydrogen) atoms. The highest BCUT2D eigenvalue weighted by molar-refractivity contribution is 5.84. The molecule has 2 heterocycles. The highest BCUT2D eigenvalue weighted by Gasteiger charge is 2.64. The lowest BCUT2D eigenvalue weighted by Crippen LogP contribution is -2.64. The Balaban J connectivity index is 1.28. The molecule has 2 N–H and O–H groups in total. The molecule has 1 aromatic rings. The van der Waals surface area contributed by atoms with Gasteiger partial charge < -0.3 is 29.5 Å². The van der Waals surface area contributed by atoms with Crippen molar-refractivity contribution in [3.8, 4) is 11.5 Å². The first kappa shape index (κ1) is 25.6. The van der Waals surface area contributed by atoms with E-state index in [1.807, 2.05) is 6.07 Å². The third-order valence-corrected chi connectivity index (χ3v) is 8.73. The number of rotatable bonds is 9. The summed E-state index contributed by atoms with van der Waals surface area (Å²) < 4.78 is 17.7. The number of carbonyl (C=O) groups is 3. The van der Waals surface area contributed by atoms with Crippen molar-refractivity contribution in [2.24, 2.45) is 17.8 Å². The van der Waals surface area contributed by atoms with Gasteiger partial charge in [0, 0.05) is 28.9 Å². The van der Waals surface area contributed by atoms with Gasteiger partial charge >= 0.3 is 11.9 Å². The Morgan fingerprint density at radius 2 is 2.05 bits per heavy atom. The molecular weight excluding hydrogens is 476 g/mol. The van der Waals surface area contributed by atoms with E-state index < -0.39 is 23.9 Å². The Morgan fingerprint density at radius 1 is 1.27 bits per heavy atom. The van der Waals surface area contributed by atoms with Gasteiger partial charge in [0.2, 0.25) is 5.91 Å². The first-order chi connectivity index (χ1) is 17.7. The zero-order valence-electron chi connectivity index (χ0n) is 21.9. The SMILES string of the molecule is COc1ccc2c3c1O[C@H]1[C@@H](CC(=O)OCCC(=O)NC(C(=O)O)C(C)C)C=CC4[C@@H](C2)N(C)CC[C@@]341. The lowest BCUT2D eigenvalue weighted by molar-refractivity contribution is -0.147. The monoisotopic (exact) mass is 512 g/mol. The van der Waals surface area contributed by atoms with Crippen LogP contribution in [-0.2, 0) is 31.0 Å². The van der Waals surface area contributed by atoms with Gasteiger partial charge in [-0.25, -0.2) is 4.79 Å². The first-order valence-corrected chi connectivity index (χ1v) is 13.1. The standard InChI is InChI=1S/C28H36N2O7/c1-15(2)24(27(33)34)29-21(31)9-12-36-22(32)14-17-5-7-18-19-13-16-6-8-20(35-4)25-23(16)28(18,26(17)37-25)10-11-30(19)3/h5-8,15,17-19,24,26H,9-14H2,1-4H3,(H,29,31)(H,33,34)/t17-,18?,19-,24?,26+,28+/m1/s1. The number of nitrogens with zero attached hydrogens (tertiary/aromatic N) is 1. The minimum Gasteiger partial charge on any atom is -0.493 e. The number of carboxylic acid groups (broad SMARTS) is 1. The van der Waals surface area contributed by atoms with Crippen LogP contribution in [0.4, 0.5) is 0 Å². The summed E-state index contributed by atoms with van der Waals surface area (Å²) in [6.45, 7) is 4.31. The number of amides is 1. The van der Waals surface area contributed by atoms with Crippen LogP contribution in [0.2, 0.25) is 0 Å². The number of nitrogens with one attached hydrogen (secondary N) is 1. The smallest absolute Gasteiger partial charge is 0.326 e. The fraction of sp³-hybridized carbons (Fsp3) is 0.607. The fourth-order valence-corrected chi connectivity index (χ4v) is 6.96. The summed E-state index contributed by atoms with van der Waals surface area (Å²) in [5, 5.41) is 11.7. The van der Waals surface area contributed by atoms with Crippen molar-refractivity contribution < 1.29 is 33.7 Å². The first-order valence-electron chi connectivity index (χ1n) is 13.1. The van der Waals surface area contributed by atoms with Gasteiger partial charge in [0.1, 0.15) is 18.8 Å². The number of carboxylic acids is 1. The third kappa shape index (κ3) is 4.17. The van der Waals surface area contributed by atoms with Crippen LogP contribution in [0.1, 0.15) is 44.2 Å². The summed E-state index contributed by atoms with van der Waals surface area (Å²) in [6.07, 6.45) is 6.16. The van der Waals surface area contributed by atoms with Gasteiger partial charge in [0.15, 0.2) is 11.5 Å². The Hall–Kier alpha value is -3.07. The Kier molecular flexibility index (Phi) is 6.68. The number of aliphatic carboxylic acids is 1. The zero-order valence-corrected chi connectivity index (χ0v) is 21.9. The van der Waals surface area contributed by atoms with E-state index in [-0.39, 0.29) is 42.8 Å². The number of hydrogen-bond acceptors (Lipinski definition) is 7. The van der Waals surface area contributed by atoms with Gasteiger partial charge in [0.05, 0.1) is 20.0 Å². The second kappa shape index (κ2) is 9.67. The van der Waals surface area contributed by atoms with Crippen LogP contribution in [0, 0.1) is 17.8 Å². The minimum absolute atomic E-state index is 0.0886. The van der Waals surface area contributed by atoms with Crippen molar-refractivity contribution >= 4 is 17.8 Å². The summed E-state index contributed by atoms with van der Waals surface area (Å²) in [6, 6.07) is 3.55. The average Bonchev–Trinajstić information content (AvgIpc) is 3.20. The Morgan fingerprint density at radius 3 is 2.76 bits per heavy atom. The second-order valence-electron chi connectivity index (χ2n) is 11.1. The molecule has 2 bridgehead atoms. The molecule has 2 aliphatic carbocycles. The molecule has 6 atom stereocenters. The molecule has 2 unspecified atom stereocenters. The number of hydrogen-bond donors (Lipinski definition) is 2. The molecule has 2 aliphatic heterocycles. The third-order valence-electron chi connectivity index (χ3n) is 8.73. The number of benzene rings is 1. The van der Waals surface area contributed by atoms with E-state index in [0.717, 1.165) is 30.9 Å². The normalized spacial score (nSPS) is 29.8. The van der Waals surface area contributed by atoms with E-state index in [1.165, 1.54) is 11.1 Å². The predicted octanol–water partition coefficient (Wildman–Crippen LogP) is 2.31. The number of ether oxygens (including phenoxy) is 3. The number of methoxy groups -OCH3 is 1. The van der Waals surface area contributed by atoms with Crippen molar-refractivity contribution in [1.29, 1.82) is 0 Å². The molecule has 1 spiro atoms. The number of esters is 1. The molecule has 0 aromatic heterocycles. The number of piperidine rings is 1. The van der Waals surface area contributed by atoms with Crippen LogP contribution in [0.25, 0.3) is 0 Å². The van der Waals surface area contributed by atoms with Gasteiger partial charge in [0.25, 0.3) is 0 Å². The average molecular weight is 513 g/mol. The van der Waals surface area contributed by atoms with Crippen molar-refractivity contribution in [1.82, 2.24) is 10.2 Å². The van der Waals surface area contributed by atoms with E-state index in [0.29, 0.717) is 12.0 Å². The van der Waals surface area contributed by atoms with E-state index >= 15 is 0 Å².